The van der Waals surface area contributed by atoms with Gasteiger partial charge in [0.2, 0.25) is 5.91 Å². The lowest BCUT2D eigenvalue weighted by atomic mass is 9.80. The molecule has 1 aliphatic rings. The fraction of sp³-hybridized carbons (Fsp3) is 0.273. The molecule has 1 aliphatic heterocycles. The van der Waals surface area contributed by atoms with E-state index in [1.165, 1.54) is 6.92 Å². The van der Waals surface area contributed by atoms with Crippen molar-refractivity contribution in [2.24, 2.45) is 0 Å². The number of hydrogen-bond acceptors (Lipinski definition) is 4. The smallest absolute Gasteiger partial charge is 0.242 e. The number of Topliss-reactive ketones (excluding diaryl/α,β-unsaturated/α-hetero) is 1. The molecule has 0 spiro atoms. The van der Waals surface area contributed by atoms with Crippen LogP contribution in [0.1, 0.15) is 19.4 Å². The Morgan fingerprint density at radius 3 is 2.44 bits per heavy atom. The maximum absolute atomic E-state index is 11.8. The molecule has 0 radical (unpaired) electrons. The Kier molecular flexibility index (Phi) is 1.95. The van der Waals surface area contributed by atoms with Crippen LogP contribution >= 0.6 is 0 Å². The van der Waals surface area contributed by atoms with E-state index in [9.17, 15) is 9.59 Å². The van der Waals surface area contributed by atoms with Gasteiger partial charge in [0, 0.05) is 11.3 Å². The molecule has 1 atom stereocenters. The highest BCUT2D eigenvalue weighted by atomic mass is 16.2. The molecule has 84 valence electrons. The average molecular weight is 219 g/mol. The summed E-state index contributed by atoms with van der Waals surface area (Å²) in [5, 5.41) is 2.64. The number of benzene rings is 1. The van der Waals surface area contributed by atoms with Gasteiger partial charge in [-0.3, -0.25) is 9.59 Å². The Bertz CT molecular complexity index is 510. The minimum absolute atomic E-state index is 0.215. The van der Waals surface area contributed by atoms with Crippen LogP contribution in [0.4, 0.5) is 17.1 Å². The van der Waals surface area contributed by atoms with Crippen LogP contribution in [-0.4, -0.2) is 11.7 Å². The first-order valence-electron chi connectivity index (χ1n) is 4.89. The second-order valence-electron chi connectivity index (χ2n) is 4.16. The maximum atomic E-state index is 11.8. The van der Waals surface area contributed by atoms with Gasteiger partial charge >= 0.3 is 0 Å². The second-order valence-corrected chi connectivity index (χ2v) is 4.16. The number of hydrogen-bond donors (Lipinski definition) is 3. The van der Waals surface area contributed by atoms with E-state index < -0.39 is 5.41 Å². The molecule has 0 saturated carbocycles. The number of ketones is 1. The number of nitrogen functional groups attached to an aromatic ring is 2. The topological polar surface area (TPSA) is 98.2 Å². The molecule has 0 bridgehead atoms. The largest absolute Gasteiger partial charge is 0.397 e. The molecule has 5 heteroatoms. The molecule has 1 amide bonds. The van der Waals surface area contributed by atoms with Crippen molar-refractivity contribution in [2.45, 2.75) is 19.3 Å². The molecule has 1 aromatic rings. The minimum atomic E-state index is -1.16. The van der Waals surface area contributed by atoms with Crippen LogP contribution in [0.15, 0.2) is 12.1 Å². The van der Waals surface area contributed by atoms with Gasteiger partial charge < -0.3 is 16.8 Å². The molecule has 2 rings (SSSR count). The first-order valence-corrected chi connectivity index (χ1v) is 4.89. The summed E-state index contributed by atoms with van der Waals surface area (Å²) in [5.41, 5.74) is 12.1. The molecule has 0 saturated heterocycles. The van der Waals surface area contributed by atoms with E-state index in [1.54, 1.807) is 19.1 Å². The van der Waals surface area contributed by atoms with Gasteiger partial charge in [-0.25, -0.2) is 0 Å². The van der Waals surface area contributed by atoms with Gasteiger partial charge in [-0.1, -0.05) is 0 Å². The van der Waals surface area contributed by atoms with E-state index >= 15 is 0 Å². The predicted molar refractivity (Wildman–Crippen MR) is 61.9 cm³/mol. The molecule has 0 aliphatic carbocycles. The van der Waals surface area contributed by atoms with Gasteiger partial charge in [-0.05, 0) is 26.0 Å². The average Bonchev–Trinajstić information content (AvgIpc) is 2.43. The van der Waals surface area contributed by atoms with E-state index in [2.05, 4.69) is 5.32 Å². The number of amides is 1. The van der Waals surface area contributed by atoms with E-state index in [0.29, 0.717) is 22.6 Å². The zero-order valence-electron chi connectivity index (χ0n) is 9.13. The van der Waals surface area contributed by atoms with Crippen molar-refractivity contribution in [2.75, 3.05) is 16.8 Å². The maximum Gasteiger partial charge on any atom is 0.242 e. The van der Waals surface area contributed by atoms with Gasteiger partial charge in [-0.15, -0.1) is 0 Å². The second kappa shape index (κ2) is 2.98. The van der Waals surface area contributed by atoms with Crippen molar-refractivity contribution in [1.29, 1.82) is 0 Å². The normalized spacial score (nSPS) is 22.8. The zero-order valence-corrected chi connectivity index (χ0v) is 9.13. The number of carbonyl (C=O) groups is 2. The quantitative estimate of drug-likeness (QED) is 0.477. The van der Waals surface area contributed by atoms with E-state index in [4.69, 9.17) is 11.5 Å². The van der Waals surface area contributed by atoms with E-state index in [0.717, 1.165) is 0 Å². The van der Waals surface area contributed by atoms with Crippen LogP contribution in [0.3, 0.4) is 0 Å². The lowest BCUT2D eigenvalue weighted by molar-refractivity contribution is -0.130. The van der Waals surface area contributed by atoms with Crippen molar-refractivity contribution < 1.29 is 9.59 Å². The Morgan fingerprint density at radius 1 is 1.31 bits per heavy atom. The summed E-state index contributed by atoms with van der Waals surface area (Å²) in [4.78, 5) is 23.4. The van der Waals surface area contributed by atoms with Crippen LogP contribution in [0.2, 0.25) is 0 Å². The first kappa shape index (κ1) is 10.5. The number of nitrogens with one attached hydrogen (secondary N) is 1. The summed E-state index contributed by atoms with van der Waals surface area (Å²) >= 11 is 0. The third-order valence-corrected chi connectivity index (χ3v) is 3.17. The van der Waals surface area contributed by atoms with Gasteiger partial charge in [0.25, 0.3) is 0 Å². The van der Waals surface area contributed by atoms with Crippen LogP contribution in [-0.2, 0) is 15.0 Å². The summed E-state index contributed by atoms with van der Waals surface area (Å²) in [6, 6.07) is 3.17. The summed E-state index contributed by atoms with van der Waals surface area (Å²) in [7, 11) is 0. The van der Waals surface area contributed by atoms with Crippen molar-refractivity contribution >= 4 is 28.8 Å². The third-order valence-electron chi connectivity index (χ3n) is 3.17. The Labute approximate surface area is 92.8 Å². The van der Waals surface area contributed by atoms with Crippen molar-refractivity contribution in [3.05, 3.63) is 17.7 Å². The minimum Gasteiger partial charge on any atom is -0.397 e. The van der Waals surface area contributed by atoms with Gasteiger partial charge in [0.1, 0.15) is 11.2 Å². The highest BCUT2D eigenvalue weighted by molar-refractivity contribution is 6.20. The van der Waals surface area contributed by atoms with Crippen molar-refractivity contribution in [3.8, 4) is 0 Å². The molecular formula is C11H13N3O2. The number of carbonyl (C=O) groups excluding carboxylic acids is 2. The summed E-state index contributed by atoms with van der Waals surface area (Å²) < 4.78 is 0. The van der Waals surface area contributed by atoms with E-state index in [-0.39, 0.29) is 11.7 Å². The highest BCUT2D eigenvalue weighted by Gasteiger charge is 2.46. The molecule has 0 aromatic heterocycles. The molecule has 1 unspecified atom stereocenters. The molecule has 1 heterocycles. The third kappa shape index (κ3) is 1.11. The van der Waals surface area contributed by atoms with Gasteiger partial charge in [0.15, 0.2) is 0 Å². The van der Waals surface area contributed by atoms with Gasteiger partial charge in [-0.2, -0.15) is 0 Å². The zero-order chi connectivity index (χ0) is 12.1. The SMILES string of the molecule is CC(=O)C1(C)C(=O)Nc2cc(N)c(N)cc21. The number of fused-ring (bicyclic) bond motifs is 1. The van der Waals surface area contributed by atoms with Crippen molar-refractivity contribution in [3.63, 3.8) is 0 Å². The number of anilines is 3. The van der Waals surface area contributed by atoms with Crippen LogP contribution in [0.25, 0.3) is 0 Å². The fourth-order valence-electron chi connectivity index (χ4n) is 1.87. The highest BCUT2D eigenvalue weighted by Crippen LogP contribution is 2.41. The van der Waals surface area contributed by atoms with Gasteiger partial charge in [0.05, 0.1) is 11.4 Å². The first-order chi connectivity index (χ1) is 7.37. The molecule has 16 heavy (non-hydrogen) atoms. The monoisotopic (exact) mass is 219 g/mol. The van der Waals surface area contributed by atoms with Crippen molar-refractivity contribution in [1.82, 2.24) is 0 Å². The van der Waals surface area contributed by atoms with Crippen LogP contribution in [0, 0.1) is 0 Å². The fourth-order valence-corrected chi connectivity index (χ4v) is 1.87. The summed E-state index contributed by atoms with van der Waals surface area (Å²) in [6.45, 7) is 2.98. The molecule has 5 nitrogen and oxygen atoms in total. The van der Waals surface area contributed by atoms with Crippen LogP contribution in [0.5, 0.6) is 0 Å². The summed E-state index contributed by atoms with van der Waals surface area (Å²) in [5.74, 6) is -0.548. The molecule has 0 fully saturated rings. The number of rotatable bonds is 1. The van der Waals surface area contributed by atoms with Crippen LogP contribution < -0.4 is 16.8 Å². The summed E-state index contributed by atoms with van der Waals surface area (Å²) in [6.07, 6.45) is 0. The number of nitrogens with two attached hydrogens (primary N) is 2. The Balaban J connectivity index is 2.70. The Morgan fingerprint density at radius 2 is 1.88 bits per heavy atom. The molecule has 5 N–H and O–H groups in total. The molecular weight excluding hydrogens is 206 g/mol. The van der Waals surface area contributed by atoms with E-state index in [1.807, 2.05) is 0 Å². The lowest BCUT2D eigenvalue weighted by Gasteiger charge is -2.18. The predicted octanol–water partition coefficient (Wildman–Crippen LogP) is 0.650. The Hall–Kier alpha value is -2.04. The molecule has 1 aromatic carbocycles. The lowest BCUT2D eigenvalue weighted by Crippen LogP contribution is -2.37. The standard InChI is InChI=1S/C11H13N3O2/c1-5(15)11(2)6-3-7(12)8(13)4-9(6)14-10(11)16/h3-4H,12-13H2,1-2H3,(H,14,16).